The fourth-order valence-electron chi connectivity index (χ4n) is 1.13. The minimum Gasteiger partial charge on any atom is -0.399 e. The molecule has 1 unspecified atom stereocenters. The zero-order chi connectivity index (χ0) is 10.8. The van der Waals surface area contributed by atoms with E-state index in [1.165, 1.54) is 24.3 Å². The highest BCUT2D eigenvalue weighted by Gasteiger charge is 2.40. The third-order valence-corrected chi connectivity index (χ3v) is 1.77. The largest absolute Gasteiger partial charge is 0.418 e. The van der Waals surface area contributed by atoms with Gasteiger partial charge in [0.1, 0.15) is 0 Å². The van der Waals surface area contributed by atoms with Crippen LogP contribution < -0.4 is 5.73 Å². The van der Waals surface area contributed by atoms with E-state index in [0.717, 1.165) is 7.11 Å². The lowest BCUT2D eigenvalue weighted by atomic mass is 10.1. The lowest BCUT2D eigenvalue weighted by Gasteiger charge is -2.18. The van der Waals surface area contributed by atoms with Crippen LogP contribution >= 0.6 is 0 Å². The lowest BCUT2D eigenvalue weighted by molar-refractivity contribution is -0.215. The maximum Gasteiger partial charge on any atom is 0.418 e. The standard InChI is InChI=1S/C9H10F3NO/c1-14-8(9(10,11)12)6-2-4-7(13)5-3-6/h2-5,8H,13H2,1H3. The summed E-state index contributed by atoms with van der Waals surface area (Å²) in [7, 11) is 1.02. The molecule has 1 aromatic carbocycles. The van der Waals surface area contributed by atoms with Crippen LogP contribution in [0.15, 0.2) is 24.3 Å². The van der Waals surface area contributed by atoms with E-state index >= 15 is 0 Å². The summed E-state index contributed by atoms with van der Waals surface area (Å²) in [5.41, 5.74) is 5.83. The van der Waals surface area contributed by atoms with Crippen LogP contribution in [0.25, 0.3) is 0 Å². The Kier molecular flexibility index (Phi) is 3.00. The van der Waals surface area contributed by atoms with Crippen LogP contribution in [-0.2, 0) is 4.74 Å². The molecule has 0 saturated heterocycles. The van der Waals surface area contributed by atoms with Gasteiger partial charge in [-0.15, -0.1) is 0 Å². The van der Waals surface area contributed by atoms with Crippen molar-refractivity contribution in [1.29, 1.82) is 0 Å². The highest BCUT2D eigenvalue weighted by atomic mass is 19.4. The van der Waals surface area contributed by atoms with Crippen molar-refractivity contribution in [2.75, 3.05) is 12.8 Å². The van der Waals surface area contributed by atoms with Crippen molar-refractivity contribution in [1.82, 2.24) is 0 Å². The molecule has 2 N–H and O–H groups in total. The summed E-state index contributed by atoms with van der Waals surface area (Å²) in [6.07, 6.45) is -6.28. The molecule has 14 heavy (non-hydrogen) atoms. The molecule has 0 saturated carbocycles. The molecule has 1 rings (SSSR count). The molecule has 0 aliphatic rings. The highest BCUT2D eigenvalue weighted by Crippen LogP contribution is 2.35. The molecule has 0 spiro atoms. The smallest absolute Gasteiger partial charge is 0.399 e. The minimum absolute atomic E-state index is 0.0502. The number of anilines is 1. The first kappa shape index (κ1) is 10.8. The van der Waals surface area contributed by atoms with Crippen LogP contribution in [0, 0.1) is 0 Å². The number of alkyl halides is 3. The van der Waals surface area contributed by atoms with Crippen LogP contribution in [0.5, 0.6) is 0 Å². The second kappa shape index (κ2) is 3.88. The summed E-state index contributed by atoms with van der Waals surface area (Å²) in [6.45, 7) is 0. The van der Waals surface area contributed by atoms with Gasteiger partial charge in [-0.1, -0.05) is 12.1 Å². The minimum atomic E-state index is -4.40. The average Bonchev–Trinajstić information content (AvgIpc) is 2.07. The van der Waals surface area contributed by atoms with Crippen LogP contribution in [-0.4, -0.2) is 13.3 Å². The van der Waals surface area contributed by atoms with E-state index in [1.807, 2.05) is 0 Å². The summed E-state index contributed by atoms with van der Waals surface area (Å²) in [5, 5.41) is 0. The molecular formula is C9H10F3NO. The molecule has 78 valence electrons. The summed E-state index contributed by atoms with van der Waals surface area (Å²) in [5.74, 6) is 0. The normalized spacial score (nSPS) is 14.0. The third kappa shape index (κ3) is 2.38. The van der Waals surface area contributed by atoms with Crippen molar-refractivity contribution in [2.45, 2.75) is 12.3 Å². The van der Waals surface area contributed by atoms with Gasteiger partial charge in [-0.3, -0.25) is 0 Å². The Labute approximate surface area is 79.5 Å². The Balaban J connectivity index is 2.96. The molecular weight excluding hydrogens is 195 g/mol. The van der Waals surface area contributed by atoms with E-state index in [9.17, 15) is 13.2 Å². The summed E-state index contributed by atoms with van der Waals surface area (Å²) in [6, 6.07) is 5.42. The molecule has 0 bridgehead atoms. The van der Waals surface area contributed by atoms with Gasteiger partial charge in [-0.2, -0.15) is 13.2 Å². The predicted octanol–water partition coefficient (Wildman–Crippen LogP) is 2.52. The molecule has 1 aromatic rings. The average molecular weight is 205 g/mol. The number of hydrogen-bond donors (Lipinski definition) is 1. The summed E-state index contributed by atoms with van der Waals surface area (Å²) >= 11 is 0. The number of methoxy groups -OCH3 is 1. The first-order valence-electron chi connectivity index (χ1n) is 3.90. The number of halogens is 3. The lowest BCUT2D eigenvalue weighted by Crippen LogP contribution is -2.22. The van der Waals surface area contributed by atoms with E-state index in [2.05, 4.69) is 4.74 Å². The Hall–Kier alpha value is -1.23. The van der Waals surface area contributed by atoms with Crippen molar-refractivity contribution in [3.05, 3.63) is 29.8 Å². The predicted molar refractivity (Wildman–Crippen MR) is 46.7 cm³/mol. The number of nitrogens with two attached hydrogens (primary N) is 1. The Morgan fingerprint density at radius 2 is 1.71 bits per heavy atom. The zero-order valence-corrected chi connectivity index (χ0v) is 7.51. The molecule has 0 fully saturated rings. The van der Waals surface area contributed by atoms with Gasteiger partial charge in [-0.25, -0.2) is 0 Å². The van der Waals surface area contributed by atoms with E-state index in [1.54, 1.807) is 0 Å². The summed E-state index contributed by atoms with van der Waals surface area (Å²) < 4.78 is 41.4. The first-order chi connectivity index (χ1) is 6.45. The van der Waals surface area contributed by atoms with Gasteiger partial charge in [0, 0.05) is 12.8 Å². The van der Waals surface area contributed by atoms with E-state index in [4.69, 9.17) is 5.73 Å². The van der Waals surface area contributed by atoms with Crippen molar-refractivity contribution in [2.24, 2.45) is 0 Å². The molecule has 1 atom stereocenters. The van der Waals surface area contributed by atoms with Gasteiger partial charge in [0.15, 0.2) is 6.10 Å². The van der Waals surface area contributed by atoms with Crippen molar-refractivity contribution in [3.8, 4) is 0 Å². The molecule has 0 heterocycles. The molecule has 0 aliphatic heterocycles. The van der Waals surface area contributed by atoms with Crippen LogP contribution in [0.1, 0.15) is 11.7 Å². The molecule has 0 aromatic heterocycles. The van der Waals surface area contributed by atoms with Gasteiger partial charge < -0.3 is 10.5 Å². The van der Waals surface area contributed by atoms with Crippen LogP contribution in [0.3, 0.4) is 0 Å². The van der Waals surface area contributed by atoms with E-state index in [0.29, 0.717) is 5.69 Å². The number of ether oxygens (including phenoxy) is 1. The van der Waals surface area contributed by atoms with Gasteiger partial charge >= 0.3 is 6.18 Å². The van der Waals surface area contributed by atoms with Crippen molar-refractivity contribution < 1.29 is 17.9 Å². The van der Waals surface area contributed by atoms with Crippen LogP contribution in [0.4, 0.5) is 18.9 Å². The van der Waals surface area contributed by atoms with Crippen LogP contribution in [0.2, 0.25) is 0 Å². The highest BCUT2D eigenvalue weighted by molar-refractivity contribution is 5.40. The topological polar surface area (TPSA) is 35.2 Å². The van der Waals surface area contributed by atoms with Gasteiger partial charge in [0.2, 0.25) is 0 Å². The van der Waals surface area contributed by atoms with Crippen molar-refractivity contribution in [3.63, 3.8) is 0 Å². The maximum atomic E-state index is 12.4. The van der Waals surface area contributed by atoms with Gasteiger partial charge in [0.25, 0.3) is 0 Å². The zero-order valence-electron chi connectivity index (χ0n) is 7.51. The van der Waals surface area contributed by atoms with E-state index in [-0.39, 0.29) is 5.56 Å². The molecule has 0 amide bonds. The SMILES string of the molecule is COC(c1ccc(N)cc1)C(F)(F)F. The number of hydrogen-bond acceptors (Lipinski definition) is 2. The first-order valence-corrected chi connectivity index (χ1v) is 3.90. The van der Waals surface area contributed by atoms with E-state index < -0.39 is 12.3 Å². The Bertz CT molecular complexity index is 294. The Morgan fingerprint density at radius 1 is 1.21 bits per heavy atom. The third-order valence-electron chi connectivity index (χ3n) is 1.77. The quantitative estimate of drug-likeness (QED) is 0.753. The fourth-order valence-corrected chi connectivity index (χ4v) is 1.13. The molecule has 5 heteroatoms. The molecule has 0 aliphatic carbocycles. The number of benzene rings is 1. The number of rotatable bonds is 2. The van der Waals surface area contributed by atoms with Crippen molar-refractivity contribution >= 4 is 5.69 Å². The summed E-state index contributed by atoms with van der Waals surface area (Å²) in [4.78, 5) is 0. The second-order valence-corrected chi connectivity index (χ2v) is 2.82. The van der Waals surface area contributed by atoms with Gasteiger partial charge in [-0.05, 0) is 17.7 Å². The second-order valence-electron chi connectivity index (χ2n) is 2.82. The number of nitrogen functional groups attached to an aromatic ring is 1. The molecule has 0 radical (unpaired) electrons. The Morgan fingerprint density at radius 3 is 2.07 bits per heavy atom. The monoisotopic (exact) mass is 205 g/mol. The molecule has 2 nitrogen and oxygen atoms in total. The fraction of sp³-hybridized carbons (Fsp3) is 0.333. The maximum absolute atomic E-state index is 12.4. The van der Waals surface area contributed by atoms with Gasteiger partial charge in [0.05, 0.1) is 0 Å².